The van der Waals surface area contributed by atoms with Gasteiger partial charge in [0.25, 0.3) is 5.56 Å². The molecule has 32 heavy (non-hydrogen) atoms. The van der Waals surface area contributed by atoms with Crippen LogP contribution in [0.4, 0.5) is 5.69 Å². The summed E-state index contributed by atoms with van der Waals surface area (Å²) in [5, 5.41) is 5.03. The number of anilines is 1. The molecule has 7 nitrogen and oxygen atoms in total. The van der Waals surface area contributed by atoms with Crippen LogP contribution in [0, 0.1) is 0 Å². The third-order valence-corrected chi connectivity index (χ3v) is 5.81. The fourth-order valence-corrected chi connectivity index (χ4v) is 3.98. The van der Waals surface area contributed by atoms with E-state index in [0.29, 0.717) is 23.8 Å². The van der Waals surface area contributed by atoms with Gasteiger partial charge in [-0.15, -0.1) is 0 Å². The molecule has 4 rings (SSSR count). The number of nitrogens with zero attached hydrogens (tertiary/aromatic N) is 4. The quantitative estimate of drug-likeness (QED) is 0.574. The van der Waals surface area contributed by atoms with Crippen LogP contribution in [0.1, 0.15) is 6.42 Å². The first-order valence-corrected chi connectivity index (χ1v) is 10.9. The molecule has 0 bridgehead atoms. The number of carbonyl (C=O) groups excluding carboxylic acids is 1. The van der Waals surface area contributed by atoms with Crippen LogP contribution in [-0.2, 0) is 11.3 Å². The van der Waals surface area contributed by atoms with E-state index >= 15 is 0 Å². The third-order valence-electron chi connectivity index (χ3n) is 5.58. The van der Waals surface area contributed by atoms with E-state index < -0.39 is 0 Å². The number of piperazine rings is 1. The van der Waals surface area contributed by atoms with Crippen molar-refractivity contribution in [3.63, 3.8) is 0 Å². The Balaban J connectivity index is 1.35. The maximum atomic E-state index is 12.8. The molecule has 3 aromatic rings. The molecule has 0 saturated carbocycles. The summed E-state index contributed by atoms with van der Waals surface area (Å²) in [6.07, 6.45) is 0.227. The maximum absolute atomic E-state index is 12.8. The summed E-state index contributed by atoms with van der Waals surface area (Å²) < 4.78 is 6.65. The van der Waals surface area contributed by atoms with Gasteiger partial charge in [-0.3, -0.25) is 9.59 Å². The average Bonchev–Trinajstić information content (AvgIpc) is 2.83. The molecular formula is C24H25ClN4O3. The van der Waals surface area contributed by atoms with Gasteiger partial charge >= 0.3 is 0 Å². The number of carbonyl (C=O) groups is 1. The van der Waals surface area contributed by atoms with Gasteiger partial charge in [-0.25, -0.2) is 4.68 Å². The number of aryl methyl sites for hydroxylation is 1. The van der Waals surface area contributed by atoms with Gasteiger partial charge in [0, 0.05) is 61.0 Å². The van der Waals surface area contributed by atoms with Crippen molar-refractivity contribution in [2.45, 2.75) is 13.0 Å². The first kappa shape index (κ1) is 21.9. The Morgan fingerprint density at radius 1 is 1.03 bits per heavy atom. The SMILES string of the molecule is COc1cccc(N2CCN(C(=O)CCn3nc(-c4cccc(Cl)c4)ccc3=O)CC2)c1. The lowest BCUT2D eigenvalue weighted by molar-refractivity contribution is -0.131. The molecule has 0 unspecified atom stereocenters. The molecule has 0 N–H and O–H groups in total. The van der Waals surface area contributed by atoms with Crippen LogP contribution in [0.5, 0.6) is 5.75 Å². The van der Waals surface area contributed by atoms with Crippen LogP contribution in [0.15, 0.2) is 65.5 Å². The normalized spacial score (nSPS) is 13.8. The number of benzene rings is 2. The summed E-state index contributed by atoms with van der Waals surface area (Å²) >= 11 is 6.06. The number of amides is 1. The molecule has 1 amide bonds. The molecule has 2 heterocycles. The van der Waals surface area contributed by atoms with Gasteiger partial charge in [-0.05, 0) is 30.3 Å². The lowest BCUT2D eigenvalue weighted by atomic mass is 10.1. The van der Waals surface area contributed by atoms with Gasteiger partial charge in [0.2, 0.25) is 5.91 Å². The van der Waals surface area contributed by atoms with E-state index in [1.165, 1.54) is 10.7 Å². The highest BCUT2D eigenvalue weighted by molar-refractivity contribution is 6.30. The second kappa shape index (κ2) is 9.87. The molecule has 1 aromatic heterocycles. The summed E-state index contributed by atoms with van der Waals surface area (Å²) in [5.74, 6) is 0.844. The van der Waals surface area contributed by atoms with Crippen LogP contribution in [0.2, 0.25) is 5.02 Å². The fourth-order valence-electron chi connectivity index (χ4n) is 3.79. The first-order chi connectivity index (χ1) is 15.5. The van der Waals surface area contributed by atoms with Gasteiger partial charge in [0.15, 0.2) is 0 Å². The predicted molar refractivity (Wildman–Crippen MR) is 125 cm³/mol. The van der Waals surface area contributed by atoms with Crippen molar-refractivity contribution in [3.8, 4) is 17.0 Å². The molecule has 0 spiro atoms. The zero-order valence-corrected chi connectivity index (χ0v) is 18.7. The van der Waals surface area contributed by atoms with E-state index in [2.05, 4.69) is 10.00 Å². The van der Waals surface area contributed by atoms with Crippen molar-refractivity contribution in [1.29, 1.82) is 0 Å². The van der Waals surface area contributed by atoms with Gasteiger partial charge < -0.3 is 14.5 Å². The predicted octanol–water partition coefficient (Wildman–Crippen LogP) is 3.31. The highest BCUT2D eigenvalue weighted by Crippen LogP contribution is 2.22. The number of hydrogen-bond acceptors (Lipinski definition) is 5. The highest BCUT2D eigenvalue weighted by Gasteiger charge is 2.21. The number of halogens is 1. The summed E-state index contributed by atoms with van der Waals surface area (Å²) in [6, 6.07) is 18.4. The molecule has 8 heteroatoms. The minimum Gasteiger partial charge on any atom is -0.497 e. The van der Waals surface area contributed by atoms with E-state index in [-0.39, 0.29) is 24.4 Å². The van der Waals surface area contributed by atoms with E-state index in [9.17, 15) is 9.59 Å². The van der Waals surface area contributed by atoms with Gasteiger partial charge in [-0.2, -0.15) is 5.10 Å². The molecule has 1 aliphatic rings. The lowest BCUT2D eigenvalue weighted by Crippen LogP contribution is -2.49. The van der Waals surface area contributed by atoms with Crippen molar-refractivity contribution in [2.24, 2.45) is 0 Å². The standard InChI is InChI=1S/C24H25ClN4O3/c1-32-21-7-3-6-20(17-21)27-12-14-28(15-13-27)23(30)10-11-29-24(31)9-8-22(26-29)18-4-2-5-19(25)16-18/h2-9,16-17H,10-15H2,1H3. The second-order valence-corrected chi connectivity index (χ2v) is 8.05. The fraction of sp³-hybridized carbons (Fsp3) is 0.292. The summed E-state index contributed by atoms with van der Waals surface area (Å²) in [6.45, 7) is 3.02. The maximum Gasteiger partial charge on any atom is 0.266 e. The molecule has 166 valence electrons. The summed E-state index contributed by atoms with van der Waals surface area (Å²) in [4.78, 5) is 29.1. The third kappa shape index (κ3) is 5.11. The molecule has 0 atom stereocenters. The second-order valence-electron chi connectivity index (χ2n) is 7.61. The smallest absolute Gasteiger partial charge is 0.266 e. The van der Waals surface area contributed by atoms with Gasteiger partial charge in [-0.1, -0.05) is 29.8 Å². The van der Waals surface area contributed by atoms with Crippen LogP contribution in [0.25, 0.3) is 11.3 Å². The molecule has 1 fully saturated rings. The Labute approximate surface area is 191 Å². The average molecular weight is 453 g/mol. The van der Waals surface area contributed by atoms with E-state index in [1.54, 1.807) is 25.3 Å². The van der Waals surface area contributed by atoms with Crippen molar-refractivity contribution < 1.29 is 9.53 Å². The molecule has 2 aromatic carbocycles. The minimum absolute atomic E-state index is 0.0251. The van der Waals surface area contributed by atoms with E-state index in [0.717, 1.165) is 30.1 Å². The molecule has 1 aliphatic heterocycles. The molecule has 0 radical (unpaired) electrons. The molecule has 0 aliphatic carbocycles. The Hall–Kier alpha value is -3.32. The summed E-state index contributed by atoms with van der Waals surface area (Å²) in [7, 11) is 1.65. The van der Waals surface area contributed by atoms with E-state index in [1.807, 2.05) is 41.3 Å². The van der Waals surface area contributed by atoms with Crippen molar-refractivity contribution in [1.82, 2.24) is 14.7 Å². The number of rotatable bonds is 6. The Kier molecular flexibility index (Phi) is 6.75. The van der Waals surface area contributed by atoms with Crippen LogP contribution in [-0.4, -0.2) is 53.9 Å². The number of hydrogen-bond donors (Lipinski definition) is 0. The Bertz CT molecular complexity index is 1160. The van der Waals surface area contributed by atoms with Crippen molar-refractivity contribution in [2.75, 3.05) is 38.2 Å². The molecular weight excluding hydrogens is 428 g/mol. The van der Waals surface area contributed by atoms with Crippen LogP contribution >= 0.6 is 11.6 Å². The zero-order chi connectivity index (χ0) is 22.5. The highest BCUT2D eigenvalue weighted by atomic mass is 35.5. The monoisotopic (exact) mass is 452 g/mol. The number of aromatic nitrogens is 2. The lowest BCUT2D eigenvalue weighted by Gasteiger charge is -2.36. The van der Waals surface area contributed by atoms with Gasteiger partial charge in [0.1, 0.15) is 5.75 Å². The Morgan fingerprint density at radius 2 is 1.81 bits per heavy atom. The molecule has 1 saturated heterocycles. The minimum atomic E-state index is -0.230. The van der Waals surface area contributed by atoms with Crippen molar-refractivity contribution >= 4 is 23.2 Å². The summed E-state index contributed by atoms with van der Waals surface area (Å²) in [5.41, 5.74) is 2.33. The van der Waals surface area contributed by atoms with Crippen LogP contribution in [0.3, 0.4) is 0 Å². The van der Waals surface area contributed by atoms with Crippen molar-refractivity contribution in [3.05, 3.63) is 76.0 Å². The van der Waals surface area contributed by atoms with E-state index in [4.69, 9.17) is 16.3 Å². The largest absolute Gasteiger partial charge is 0.497 e. The van der Waals surface area contributed by atoms with Crippen LogP contribution < -0.4 is 15.2 Å². The number of ether oxygens (including phenoxy) is 1. The Morgan fingerprint density at radius 3 is 2.56 bits per heavy atom. The number of methoxy groups -OCH3 is 1. The topological polar surface area (TPSA) is 67.7 Å². The zero-order valence-electron chi connectivity index (χ0n) is 17.9. The van der Waals surface area contributed by atoms with Gasteiger partial charge in [0.05, 0.1) is 19.3 Å². The first-order valence-electron chi connectivity index (χ1n) is 10.5.